The maximum atomic E-state index is 11.0. The molecule has 2 rings (SSSR count). The van der Waals surface area contributed by atoms with Crippen LogP contribution in [0.1, 0.15) is 23.5 Å². The van der Waals surface area contributed by atoms with Gasteiger partial charge in [0.05, 0.1) is 6.42 Å². The van der Waals surface area contributed by atoms with Crippen molar-refractivity contribution in [2.75, 3.05) is 5.73 Å². The smallest absolute Gasteiger partial charge is 0.304 e. The Bertz CT molecular complexity index is 537. The molecule has 0 fully saturated rings. The Labute approximate surface area is 106 Å². The summed E-state index contributed by atoms with van der Waals surface area (Å²) in [6, 6.07) is 17.0. The van der Waals surface area contributed by atoms with Crippen LogP contribution < -0.4 is 5.73 Å². The third-order valence-electron chi connectivity index (χ3n) is 2.95. The summed E-state index contributed by atoms with van der Waals surface area (Å²) in [5, 5.41) is 9.06. The number of nitrogens with two attached hydrogens (primary N) is 1. The van der Waals surface area contributed by atoms with Gasteiger partial charge in [-0.1, -0.05) is 48.5 Å². The first-order chi connectivity index (χ1) is 8.68. The largest absolute Gasteiger partial charge is 0.481 e. The van der Waals surface area contributed by atoms with Crippen molar-refractivity contribution < 1.29 is 9.90 Å². The molecule has 2 aromatic rings. The van der Waals surface area contributed by atoms with E-state index in [0.29, 0.717) is 5.69 Å². The Morgan fingerprint density at radius 3 is 2.28 bits per heavy atom. The van der Waals surface area contributed by atoms with Gasteiger partial charge >= 0.3 is 5.97 Å². The summed E-state index contributed by atoms with van der Waals surface area (Å²) in [5.74, 6) is -1.03. The van der Waals surface area contributed by atoms with E-state index in [1.54, 1.807) is 6.07 Å². The molecule has 0 spiro atoms. The lowest BCUT2D eigenvalue weighted by Crippen LogP contribution is -2.09. The van der Waals surface area contributed by atoms with Crippen LogP contribution in [0.25, 0.3) is 0 Å². The van der Waals surface area contributed by atoms with E-state index in [2.05, 4.69) is 0 Å². The summed E-state index contributed by atoms with van der Waals surface area (Å²) < 4.78 is 0. The second kappa shape index (κ2) is 5.36. The molecule has 0 aliphatic rings. The molecule has 18 heavy (non-hydrogen) atoms. The van der Waals surface area contributed by atoms with E-state index in [9.17, 15) is 4.79 Å². The molecular formula is C15H15NO2. The zero-order valence-electron chi connectivity index (χ0n) is 9.91. The minimum Gasteiger partial charge on any atom is -0.481 e. The number of nitrogen functional groups attached to an aromatic ring is 1. The number of carbonyl (C=O) groups is 1. The summed E-state index contributed by atoms with van der Waals surface area (Å²) in [6.45, 7) is 0. The van der Waals surface area contributed by atoms with Gasteiger partial charge < -0.3 is 10.8 Å². The van der Waals surface area contributed by atoms with Crippen molar-refractivity contribution in [2.45, 2.75) is 12.3 Å². The molecule has 0 heterocycles. The Kier molecular flexibility index (Phi) is 3.63. The molecule has 0 aliphatic carbocycles. The molecule has 0 radical (unpaired) electrons. The lowest BCUT2D eigenvalue weighted by atomic mass is 9.87. The van der Waals surface area contributed by atoms with Gasteiger partial charge in [0.15, 0.2) is 0 Å². The summed E-state index contributed by atoms with van der Waals surface area (Å²) >= 11 is 0. The predicted molar refractivity (Wildman–Crippen MR) is 71.4 cm³/mol. The number of anilines is 1. The fourth-order valence-electron chi connectivity index (χ4n) is 2.10. The molecule has 0 aliphatic heterocycles. The van der Waals surface area contributed by atoms with E-state index < -0.39 is 5.97 Å². The summed E-state index contributed by atoms with van der Waals surface area (Å²) in [7, 11) is 0. The quantitative estimate of drug-likeness (QED) is 0.809. The molecule has 92 valence electrons. The summed E-state index contributed by atoms with van der Waals surface area (Å²) in [6.07, 6.45) is 0.0399. The van der Waals surface area contributed by atoms with E-state index in [-0.39, 0.29) is 12.3 Å². The fourth-order valence-corrected chi connectivity index (χ4v) is 2.10. The van der Waals surface area contributed by atoms with Crippen molar-refractivity contribution in [1.82, 2.24) is 0 Å². The SMILES string of the molecule is Nc1ccccc1C(CC(=O)O)c1ccccc1. The van der Waals surface area contributed by atoms with Crippen molar-refractivity contribution >= 4 is 11.7 Å². The monoisotopic (exact) mass is 241 g/mol. The van der Waals surface area contributed by atoms with Crippen LogP contribution in [0.3, 0.4) is 0 Å². The first kappa shape index (κ1) is 12.2. The number of carboxylic acids is 1. The Hall–Kier alpha value is -2.29. The minimum atomic E-state index is -0.827. The molecule has 0 bridgehead atoms. The maximum absolute atomic E-state index is 11.0. The zero-order chi connectivity index (χ0) is 13.0. The molecule has 0 saturated heterocycles. The zero-order valence-corrected chi connectivity index (χ0v) is 9.91. The van der Waals surface area contributed by atoms with Crippen LogP contribution in [0.2, 0.25) is 0 Å². The molecular weight excluding hydrogens is 226 g/mol. The second-order valence-electron chi connectivity index (χ2n) is 4.19. The van der Waals surface area contributed by atoms with Crippen LogP contribution in [-0.4, -0.2) is 11.1 Å². The number of para-hydroxylation sites is 1. The standard InChI is InChI=1S/C15H15NO2/c16-14-9-5-4-8-12(14)13(10-15(17)18)11-6-2-1-3-7-11/h1-9,13H,10,16H2,(H,17,18). The number of aliphatic carboxylic acids is 1. The molecule has 1 atom stereocenters. The highest BCUT2D eigenvalue weighted by Gasteiger charge is 2.19. The van der Waals surface area contributed by atoms with Crippen molar-refractivity contribution in [2.24, 2.45) is 0 Å². The summed E-state index contributed by atoms with van der Waals surface area (Å²) in [5.41, 5.74) is 8.41. The predicted octanol–water partition coefficient (Wildman–Crippen LogP) is 2.88. The number of hydrogen-bond acceptors (Lipinski definition) is 2. The van der Waals surface area contributed by atoms with E-state index in [1.807, 2.05) is 48.5 Å². The molecule has 3 N–H and O–H groups in total. The lowest BCUT2D eigenvalue weighted by molar-refractivity contribution is -0.137. The molecule has 2 aromatic carbocycles. The van der Waals surface area contributed by atoms with Gasteiger partial charge in [-0.2, -0.15) is 0 Å². The molecule has 0 aromatic heterocycles. The van der Waals surface area contributed by atoms with Gasteiger partial charge in [0.1, 0.15) is 0 Å². The highest BCUT2D eigenvalue weighted by atomic mass is 16.4. The normalized spacial score (nSPS) is 12.0. The molecule has 0 saturated carbocycles. The van der Waals surface area contributed by atoms with Gasteiger partial charge in [0, 0.05) is 11.6 Å². The number of hydrogen-bond donors (Lipinski definition) is 2. The van der Waals surface area contributed by atoms with Crippen LogP contribution >= 0.6 is 0 Å². The highest BCUT2D eigenvalue weighted by Crippen LogP contribution is 2.31. The number of carboxylic acid groups (broad SMARTS) is 1. The van der Waals surface area contributed by atoms with Gasteiger partial charge in [0.25, 0.3) is 0 Å². The Balaban J connectivity index is 2.44. The minimum absolute atomic E-state index is 0.0399. The second-order valence-corrected chi connectivity index (χ2v) is 4.19. The van der Waals surface area contributed by atoms with Crippen LogP contribution in [0.5, 0.6) is 0 Å². The first-order valence-corrected chi connectivity index (χ1v) is 5.79. The molecule has 3 nitrogen and oxygen atoms in total. The van der Waals surface area contributed by atoms with Gasteiger partial charge in [-0.15, -0.1) is 0 Å². The molecule has 0 amide bonds. The maximum Gasteiger partial charge on any atom is 0.304 e. The Morgan fingerprint density at radius 1 is 1.06 bits per heavy atom. The highest BCUT2D eigenvalue weighted by molar-refractivity contribution is 5.70. The van der Waals surface area contributed by atoms with Crippen LogP contribution in [-0.2, 0) is 4.79 Å². The van der Waals surface area contributed by atoms with Gasteiger partial charge in [0.2, 0.25) is 0 Å². The topological polar surface area (TPSA) is 63.3 Å². The number of rotatable bonds is 4. The lowest BCUT2D eigenvalue weighted by Gasteiger charge is -2.17. The van der Waals surface area contributed by atoms with E-state index in [1.165, 1.54) is 0 Å². The molecule has 3 heteroatoms. The average molecular weight is 241 g/mol. The van der Waals surface area contributed by atoms with Gasteiger partial charge in [-0.3, -0.25) is 4.79 Å². The first-order valence-electron chi connectivity index (χ1n) is 5.79. The third kappa shape index (κ3) is 2.69. The average Bonchev–Trinajstić information content (AvgIpc) is 2.38. The fraction of sp³-hybridized carbons (Fsp3) is 0.133. The van der Waals surface area contributed by atoms with Crippen LogP contribution in [0.15, 0.2) is 54.6 Å². The van der Waals surface area contributed by atoms with Gasteiger partial charge in [-0.05, 0) is 17.2 Å². The van der Waals surface area contributed by atoms with Crippen LogP contribution in [0, 0.1) is 0 Å². The van der Waals surface area contributed by atoms with E-state index in [4.69, 9.17) is 10.8 Å². The van der Waals surface area contributed by atoms with Gasteiger partial charge in [-0.25, -0.2) is 0 Å². The third-order valence-corrected chi connectivity index (χ3v) is 2.95. The van der Waals surface area contributed by atoms with Crippen molar-refractivity contribution in [3.8, 4) is 0 Å². The van der Waals surface area contributed by atoms with Crippen molar-refractivity contribution in [3.63, 3.8) is 0 Å². The molecule has 1 unspecified atom stereocenters. The van der Waals surface area contributed by atoms with Crippen LogP contribution in [0.4, 0.5) is 5.69 Å². The van der Waals surface area contributed by atoms with E-state index in [0.717, 1.165) is 11.1 Å². The Morgan fingerprint density at radius 2 is 1.67 bits per heavy atom. The van der Waals surface area contributed by atoms with Crippen molar-refractivity contribution in [3.05, 3.63) is 65.7 Å². The van der Waals surface area contributed by atoms with E-state index >= 15 is 0 Å². The van der Waals surface area contributed by atoms with Crippen molar-refractivity contribution in [1.29, 1.82) is 0 Å². The number of benzene rings is 2. The summed E-state index contributed by atoms with van der Waals surface area (Å²) in [4.78, 5) is 11.0.